The van der Waals surface area contributed by atoms with Crippen LogP contribution < -0.4 is 4.74 Å². The summed E-state index contributed by atoms with van der Waals surface area (Å²) in [7, 11) is 0. The fourth-order valence-electron chi connectivity index (χ4n) is 5.13. The molecule has 1 nitrogen and oxygen atoms in total. The summed E-state index contributed by atoms with van der Waals surface area (Å²) in [6.45, 7) is 17.0. The first-order chi connectivity index (χ1) is 17.4. The van der Waals surface area contributed by atoms with Gasteiger partial charge in [-0.05, 0) is 81.4 Å². The Balaban J connectivity index is 2.33. The van der Waals surface area contributed by atoms with Crippen LogP contribution in [0.4, 0.5) is 0 Å². The standard InChI is InChI=1S/C35H61O/c1-8-10-12-13-14-16-28-36-35-33(7)32(6)25-27-34(35)26-24-31(5)23-18-22-30(4)21-17-20-29(3)19-15-11-9-2/h9,19,25,27,30-31H,8,10-18,20-24,26,28H2,1-7H3/q-1/b29-19+. The largest absolute Gasteiger partial charge is 0.493 e. The Bertz CT molecular complexity index is 701. The van der Waals surface area contributed by atoms with Gasteiger partial charge >= 0.3 is 0 Å². The van der Waals surface area contributed by atoms with Crippen molar-refractivity contribution in [1.82, 2.24) is 0 Å². The average Bonchev–Trinajstić information content (AvgIpc) is 2.85. The first-order valence-electron chi connectivity index (χ1n) is 15.5. The molecule has 0 aliphatic carbocycles. The molecule has 0 saturated carbocycles. The maximum absolute atomic E-state index is 6.38. The zero-order valence-corrected chi connectivity index (χ0v) is 25.4. The van der Waals surface area contributed by atoms with Crippen LogP contribution in [-0.4, -0.2) is 6.61 Å². The molecule has 0 aliphatic rings. The summed E-state index contributed by atoms with van der Waals surface area (Å²) in [5, 5.41) is 0. The van der Waals surface area contributed by atoms with Crippen LogP contribution in [0.15, 0.2) is 23.8 Å². The lowest BCUT2D eigenvalue weighted by Crippen LogP contribution is -2.05. The molecule has 2 unspecified atom stereocenters. The minimum atomic E-state index is 0.783. The third kappa shape index (κ3) is 15.1. The Labute approximate surface area is 226 Å². The Morgan fingerprint density at radius 3 is 2.28 bits per heavy atom. The van der Waals surface area contributed by atoms with Crippen molar-refractivity contribution in [1.29, 1.82) is 0 Å². The van der Waals surface area contributed by atoms with E-state index in [9.17, 15) is 0 Å². The van der Waals surface area contributed by atoms with Gasteiger partial charge in [0.25, 0.3) is 0 Å². The molecule has 0 N–H and O–H groups in total. The fraction of sp³-hybridized carbons (Fsp3) is 0.743. The number of allylic oxidation sites excluding steroid dienone is 2. The number of ether oxygens (including phenoxy) is 1. The van der Waals surface area contributed by atoms with E-state index in [1.54, 1.807) is 5.57 Å². The molecule has 0 spiro atoms. The van der Waals surface area contributed by atoms with Crippen molar-refractivity contribution in [2.75, 3.05) is 6.61 Å². The van der Waals surface area contributed by atoms with Crippen LogP contribution >= 0.6 is 0 Å². The average molecular weight is 498 g/mol. The predicted molar refractivity (Wildman–Crippen MR) is 162 cm³/mol. The molecule has 0 heterocycles. The van der Waals surface area contributed by atoms with E-state index in [1.165, 1.54) is 119 Å². The summed E-state index contributed by atoms with van der Waals surface area (Å²) in [4.78, 5) is 0. The van der Waals surface area contributed by atoms with Gasteiger partial charge in [0.15, 0.2) is 0 Å². The third-order valence-corrected chi connectivity index (χ3v) is 8.02. The normalized spacial score (nSPS) is 13.7. The number of hydrogen-bond acceptors (Lipinski definition) is 1. The van der Waals surface area contributed by atoms with Gasteiger partial charge < -0.3 is 11.2 Å². The number of hydrogen-bond donors (Lipinski definition) is 0. The van der Waals surface area contributed by atoms with Gasteiger partial charge in [-0.3, -0.25) is 0 Å². The second-order valence-corrected chi connectivity index (χ2v) is 11.7. The topological polar surface area (TPSA) is 9.23 Å². The van der Waals surface area contributed by atoms with Crippen LogP contribution in [0, 0.1) is 32.1 Å². The van der Waals surface area contributed by atoms with Gasteiger partial charge in [-0.2, -0.15) is 13.3 Å². The Morgan fingerprint density at radius 2 is 1.56 bits per heavy atom. The van der Waals surface area contributed by atoms with Crippen molar-refractivity contribution in [3.8, 4) is 5.75 Å². The van der Waals surface area contributed by atoms with Gasteiger partial charge in [0.05, 0.1) is 6.61 Å². The summed E-state index contributed by atoms with van der Waals surface area (Å²) in [6, 6.07) is 4.61. The Morgan fingerprint density at radius 1 is 0.889 bits per heavy atom. The van der Waals surface area contributed by atoms with E-state index in [-0.39, 0.29) is 0 Å². The summed E-state index contributed by atoms with van der Waals surface area (Å²) in [6.07, 6.45) is 25.5. The molecular formula is C35H61O-. The number of benzene rings is 1. The van der Waals surface area contributed by atoms with Gasteiger partial charge in [-0.1, -0.05) is 109 Å². The molecule has 0 amide bonds. The molecule has 36 heavy (non-hydrogen) atoms. The number of rotatable bonds is 22. The molecule has 0 aromatic heterocycles. The van der Waals surface area contributed by atoms with E-state index in [1.807, 2.05) is 0 Å². The number of unbranched alkanes of at least 4 members (excludes halogenated alkanes) is 7. The van der Waals surface area contributed by atoms with Gasteiger partial charge in [0.2, 0.25) is 0 Å². The quantitative estimate of drug-likeness (QED) is 0.0879. The van der Waals surface area contributed by atoms with Crippen LogP contribution in [0.5, 0.6) is 5.75 Å². The van der Waals surface area contributed by atoms with Crippen LogP contribution in [-0.2, 0) is 6.42 Å². The van der Waals surface area contributed by atoms with E-state index < -0.39 is 0 Å². The van der Waals surface area contributed by atoms with E-state index in [4.69, 9.17) is 4.74 Å². The lowest BCUT2D eigenvalue weighted by Gasteiger charge is -2.18. The lowest BCUT2D eigenvalue weighted by atomic mass is 9.91. The van der Waals surface area contributed by atoms with Crippen LogP contribution in [0.25, 0.3) is 0 Å². The van der Waals surface area contributed by atoms with Crippen molar-refractivity contribution >= 4 is 0 Å². The van der Waals surface area contributed by atoms with Crippen molar-refractivity contribution < 1.29 is 4.74 Å². The highest BCUT2D eigenvalue weighted by Gasteiger charge is 2.12. The summed E-state index contributed by atoms with van der Waals surface area (Å²) in [5.74, 6) is 2.82. The third-order valence-electron chi connectivity index (χ3n) is 8.02. The summed E-state index contributed by atoms with van der Waals surface area (Å²) >= 11 is 0. The van der Waals surface area contributed by atoms with E-state index in [0.29, 0.717) is 0 Å². The predicted octanol–water partition coefficient (Wildman–Crippen LogP) is 11.5. The minimum Gasteiger partial charge on any atom is -0.493 e. The first kappa shape index (κ1) is 32.8. The molecule has 0 bridgehead atoms. The maximum atomic E-state index is 6.38. The van der Waals surface area contributed by atoms with E-state index >= 15 is 0 Å². The van der Waals surface area contributed by atoms with E-state index in [0.717, 1.165) is 24.9 Å². The van der Waals surface area contributed by atoms with Crippen molar-refractivity contribution in [3.63, 3.8) is 0 Å². The van der Waals surface area contributed by atoms with E-state index in [2.05, 4.69) is 73.1 Å². The highest BCUT2D eigenvalue weighted by Crippen LogP contribution is 2.30. The molecule has 0 fully saturated rings. The molecule has 2 atom stereocenters. The molecule has 1 rings (SSSR count). The monoisotopic (exact) mass is 497 g/mol. The molecular weight excluding hydrogens is 436 g/mol. The highest BCUT2D eigenvalue weighted by molar-refractivity contribution is 5.45. The van der Waals surface area contributed by atoms with Gasteiger partial charge in [0.1, 0.15) is 5.75 Å². The summed E-state index contributed by atoms with van der Waals surface area (Å²) in [5.41, 5.74) is 5.70. The zero-order valence-electron chi connectivity index (χ0n) is 25.4. The molecule has 0 saturated heterocycles. The maximum Gasteiger partial charge on any atom is 0.125 e. The second kappa shape index (κ2) is 20.8. The molecule has 0 aliphatic heterocycles. The molecule has 1 aromatic carbocycles. The minimum absolute atomic E-state index is 0.783. The zero-order chi connectivity index (χ0) is 26.6. The molecule has 1 heteroatoms. The second-order valence-electron chi connectivity index (χ2n) is 11.7. The van der Waals surface area contributed by atoms with Crippen molar-refractivity contribution in [2.24, 2.45) is 11.8 Å². The van der Waals surface area contributed by atoms with Crippen LogP contribution in [0.2, 0.25) is 0 Å². The van der Waals surface area contributed by atoms with Crippen LogP contribution in [0.3, 0.4) is 0 Å². The smallest absolute Gasteiger partial charge is 0.125 e. The van der Waals surface area contributed by atoms with Gasteiger partial charge in [-0.25, -0.2) is 0 Å². The first-order valence-corrected chi connectivity index (χ1v) is 15.5. The van der Waals surface area contributed by atoms with Crippen molar-refractivity contribution in [2.45, 2.75) is 151 Å². The molecule has 208 valence electrons. The van der Waals surface area contributed by atoms with Gasteiger partial charge in [-0.15, -0.1) is 0 Å². The fourth-order valence-corrected chi connectivity index (χ4v) is 5.13. The molecule has 1 aromatic rings. The van der Waals surface area contributed by atoms with Crippen molar-refractivity contribution in [3.05, 3.63) is 46.9 Å². The Kier molecular flexibility index (Phi) is 18.9. The SMILES string of the molecule is C[CH-]CC/C=C(\C)CCCC(C)CCCC(C)CCc1ccc(C)c(C)c1OCCCCCCCC. The van der Waals surface area contributed by atoms with Gasteiger partial charge in [0, 0.05) is 0 Å². The lowest BCUT2D eigenvalue weighted by molar-refractivity contribution is 0.298. The summed E-state index contributed by atoms with van der Waals surface area (Å²) < 4.78 is 6.38. The van der Waals surface area contributed by atoms with Crippen LogP contribution in [0.1, 0.15) is 148 Å². The Hall–Kier alpha value is -1.24. The molecule has 0 radical (unpaired) electrons. The highest BCUT2D eigenvalue weighted by atomic mass is 16.5. The number of aryl methyl sites for hydroxylation is 2.